The minimum atomic E-state index is 0.220. The van der Waals surface area contributed by atoms with E-state index in [-0.39, 0.29) is 6.04 Å². The number of ether oxygens (including phenoxy) is 1. The molecule has 1 rings (SSSR count). The van der Waals surface area contributed by atoms with E-state index in [1.54, 1.807) is 6.26 Å². The van der Waals surface area contributed by atoms with Crippen molar-refractivity contribution in [1.29, 1.82) is 0 Å². The van der Waals surface area contributed by atoms with E-state index in [9.17, 15) is 0 Å². The van der Waals surface area contributed by atoms with Gasteiger partial charge in [0.1, 0.15) is 0 Å². The molecule has 0 amide bonds. The second-order valence-electron chi connectivity index (χ2n) is 2.01. The van der Waals surface area contributed by atoms with Crippen LogP contribution < -0.4 is 5.73 Å². The minimum absolute atomic E-state index is 0.220. The van der Waals surface area contributed by atoms with Crippen LogP contribution >= 0.6 is 0 Å². The van der Waals surface area contributed by atoms with Gasteiger partial charge in [-0.2, -0.15) is 0 Å². The Morgan fingerprint density at radius 1 is 1.62 bits per heavy atom. The molecule has 0 radical (unpaired) electrons. The molecule has 2 nitrogen and oxygen atoms in total. The molecule has 0 aliphatic carbocycles. The molecule has 0 bridgehead atoms. The normalized spacial score (nSPS) is 28.9. The molecule has 2 N–H and O–H groups in total. The Kier molecular flexibility index (Phi) is 1.92. The molecular formula is C6H11NO. The molecule has 46 valence electrons. The van der Waals surface area contributed by atoms with Gasteiger partial charge in [-0.25, -0.2) is 0 Å². The van der Waals surface area contributed by atoms with Crippen molar-refractivity contribution in [3.05, 3.63) is 12.3 Å². The molecule has 2 heteroatoms. The Balaban J connectivity index is 2.33. The highest BCUT2D eigenvalue weighted by Crippen LogP contribution is 2.01. The summed E-state index contributed by atoms with van der Waals surface area (Å²) in [5.41, 5.74) is 5.57. The van der Waals surface area contributed by atoms with Gasteiger partial charge in [0, 0.05) is 6.04 Å². The third-order valence-corrected chi connectivity index (χ3v) is 1.22. The van der Waals surface area contributed by atoms with E-state index in [0.717, 1.165) is 19.4 Å². The van der Waals surface area contributed by atoms with Crippen LogP contribution in [0.4, 0.5) is 0 Å². The van der Waals surface area contributed by atoms with Crippen LogP contribution in [0.3, 0.4) is 0 Å². The van der Waals surface area contributed by atoms with Gasteiger partial charge in [-0.1, -0.05) is 0 Å². The van der Waals surface area contributed by atoms with Crippen molar-refractivity contribution in [3.63, 3.8) is 0 Å². The van der Waals surface area contributed by atoms with Crippen molar-refractivity contribution >= 4 is 0 Å². The van der Waals surface area contributed by atoms with Gasteiger partial charge >= 0.3 is 0 Å². The van der Waals surface area contributed by atoms with Crippen LogP contribution in [0.5, 0.6) is 0 Å². The summed E-state index contributed by atoms with van der Waals surface area (Å²) in [6.07, 6.45) is 5.72. The molecule has 1 aliphatic heterocycles. The fraction of sp³-hybridized carbons (Fsp3) is 0.667. The Morgan fingerprint density at radius 3 is 3.38 bits per heavy atom. The van der Waals surface area contributed by atoms with Crippen molar-refractivity contribution in [2.24, 2.45) is 5.73 Å². The van der Waals surface area contributed by atoms with Gasteiger partial charge in [0.25, 0.3) is 0 Å². The molecule has 1 heterocycles. The number of hydrogen-bond donors (Lipinski definition) is 1. The summed E-state index contributed by atoms with van der Waals surface area (Å²) in [7, 11) is 0. The maximum Gasteiger partial charge on any atom is 0.0873 e. The van der Waals surface area contributed by atoms with Gasteiger partial charge in [0.15, 0.2) is 0 Å². The van der Waals surface area contributed by atoms with Crippen LogP contribution in [-0.4, -0.2) is 12.6 Å². The zero-order valence-electron chi connectivity index (χ0n) is 4.84. The zero-order chi connectivity index (χ0) is 5.82. The van der Waals surface area contributed by atoms with E-state index < -0.39 is 0 Å². The Bertz CT molecular complexity index is 90.5. The van der Waals surface area contributed by atoms with E-state index in [1.807, 2.05) is 6.08 Å². The molecule has 0 spiro atoms. The molecule has 0 aromatic heterocycles. The monoisotopic (exact) mass is 113 g/mol. The van der Waals surface area contributed by atoms with Crippen LogP contribution in [0.1, 0.15) is 12.8 Å². The van der Waals surface area contributed by atoms with Crippen molar-refractivity contribution in [2.45, 2.75) is 18.9 Å². The molecule has 0 saturated carbocycles. The molecule has 0 fully saturated rings. The van der Waals surface area contributed by atoms with E-state index in [1.165, 1.54) is 0 Å². The first-order chi connectivity index (χ1) is 3.89. The van der Waals surface area contributed by atoms with Crippen LogP contribution in [-0.2, 0) is 4.74 Å². The average Bonchev–Trinajstić information content (AvgIpc) is 1.94. The first kappa shape index (κ1) is 5.63. The molecule has 0 aromatic carbocycles. The highest BCUT2D eigenvalue weighted by molar-refractivity contribution is 4.87. The molecule has 1 unspecified atom stereocenters. The lowest BCUT2D eigenvalue weighted by Crippen LogP contribution is -2.15. The average molecular weight is 113 g/mol. The Morgan fingerprint density at radius 2 is 2.50 bits per heavy atom. The van der Waals surface area contributed by atoms with Crippen LogP contribution in [0.25, 0.3) is 0 Å². The van der Waals surface area contributed by atoms with Gasteiger partial charge in [-0.15, -0.1) is 0 Å². The highest BCUT2D eigenvalue weighted by Gasteiger charge is 1.99. The zero-order valence-corrected chi connectivity index (χ0v) is 4.84. The first-order valence-corrected chi connectivity index (χ1v) is 2.93. The quantitative estimate of drug-likeness (QED) is 0.500. The standard InChI is InChI=1S/C6H11NO/c7-6-2-1-4-8-5-3-6/h3,5-6H,1-2,4,7H2. The molecule has 8 heavy (non-hydrogen) atoms. The van der Waals surface area contributed by atoms with Gasteiger partial charge in [0.05, 0.1) is 12.9 Å². The fourth-order valence-corrected chi connectivity index (χ4v) is 0.723. The highest BCUT2D eigenvalue weighted by atomic mass is 16.5. The Hall–Kier alpha value is -0.500. The van der Waals surface area contributed by atoms with Crippen LogP contribution in [0.2, 0.25) is 0 Å². The lowest BCUT2D eigenvalue weighted by Gasteiger charge is -1.97. The summed E-state index contributed by atoms with van der Waals surface area (Å²) in [5.74, 6) is 0. The maximum absolute atomic E-state index is 5.57. The van der Waals surface area contributed by atoms with Gasteiger partial charge in [-0.3, -0.25) is 0 Å². The summed E-state index contributed by atoms with van der Waals surface area (Å²) in [5, 5.41) is 0. The number of rotatable bonds is 0. The second-order valence-corrected chi connectivity index (χ2v) is 2.01. The number of hydrogen-bond acceptors (Lipinski definition) is 2. The van der Waals surface area contributed by atoms with E-state index >= 15 is 0 Å². The van der Waals surface area contributed by atoms with Crippen molar-refractivity contribution in [1.82, 2.24) is 0 Å². The second kappa shape index (κ2) is 2.72. The van der Waals surface area contributed by atoms with Crippen LogP contribution in [0, 0.1) is 0 Å². The SMILES string of the molecule is NC1C=COCCC1. The molecule has 0 saturated heterocycles. The smallest absolute Gasteiger partial charge is 0.0873 e. The molecule has 0 aromatic rings. The van der Waals surface area contributed by atoms with Crippen molar-refractivity contribution in [2.75, 3.05) is 6.61 Å². The predicted molar refractivity (Wildman–Crippen MR) is 32.3 cm³/mol. The summed E-state index contributed by atoms with van der Waals surface area (Å²) >= 11 is 0. The molecule has 1 atom stereocenters. The largest absolute Gasteiger partial charge is 0.501 e. The lowest BCUT2D eigenvalue weighted by molar-refractivity contribution is 0.249. The third-order valence-electron chi connectivity index (χ3n) is 1.22. The lowest BCUT2D eigenvalue weighted by atomic mass is 10.2. The summed E-state index contributed by atoms with van der Waals surface area (Å²) < 4.78 is 5.00. The fourth-order valence-electron chi connectivity index (χ4n) is 0.723. The minimum Gasteiger partial charge on any atom is -0.501 e. The van der Waals surface area contributed by atoms with Gasteiger partial charge in [-0.05, 0) is 18.9 Å². The first-order valence-electron chi connectivity index (χ1n) is 2.93. The van der Waals surface area contributed by atoms with E-state index in [4.69, 9.17) is 10.5 Å². The summed E-state index contributed by atoms with van der Waals surface area (Å²) in [6.45, 7) is 0.824. The van der Waals surface area contributed by atoms with E-state index in [0.29, 0.717) is 0 Å². The topological polar surface area (TPSA) is 35.2 Å². The van der Waals surface area contributed by atoms with Gasteiger partial charge < -0.3 is 10.5 Å². The van der Waals surface area contributed by atoms with Crippen molar-refractivity contribution < 1.29 is 4.74 Å². The third kappa shape index (κ3) is 1.54. The van der Waals surface area contributed by atoms with E-state index in [2.05, 4.69) is 0 Å². The molecule has 1 aliphatic rings. The van der Waals surface area contributed by atoms with Gasteiger partial charge in [0.2, 0.25) is 0 Å². The van der Waals surface area contributed by atoms with Crippen molar-refractivity contribution in [3.8, 4) is 0 Å². The summed E-state index contributed by atoms with van der Waals surface area (Å²) in [4.78, 5) is 0. The summed E-state index contributed by atoms with van der Waals surface area (Å²) in [6, 6.07) is 0.220. The Labute approximate surface area is 49.3 Å². The van der Waals surface area contributed by atoms with Crippen LogP contribution in [0.15, 0.2) is 12.3 Å². The number of nitrogens with two attached hydrogens (primary N) is 1. The maximum atomic E-state index is 5.57. The predicted octanol–water partition coefficient (Wildman–Crippen LogP) is 0.638. The molecular weight excluding hydrogens is 102 g/mol.